The Labute approximate surface area is 197 Å². The lowest BCUT2D eigenvalue weighted by Crippen LogP contribution is -2.13. The molecule has 0 fully saturated rings. The van der Waals surface area contributed by atoms with E-state index in [-0.39, 0.29) is 5.75 Å². The maximum Gasteiger partial charge on any atom is 0.437 e. The fourth-order valence-electron chi connectivity index (χ4n) is 3.28. The molecular weight excluding hydrogens is 454 g/mol. The van der Waals surface area contributed by atoms with Crippen LogP contribution in [0.4, 0.5) is 16.4 Å². The number of rotatable bonds is 7. The number of anilines is 2. The molecule has 0 aliphatic rings. The predicted molar refractivity (Wildman–Crippen MR) is 133 cm³/mol. The molecule has 0 saturated heterocycles. The molecule has 0 radical (unpaired) electrons. The van der Waals surface area contributed by atoms with Gasteiger partial charge in [-0.25, -0.2) is 14.8 Å². The molecule has 4 aromatic rings. The van der Waals surface area contributed by atoms with E-state index in [4.69, 9.17) is 9.84 Å². The van der Waals surface area contributed by atoms with Crippen molar-refractivity contribution in [2.45, 2.75) is 5.75 Å². The number of nitrogens with zero attached hydrogens (tertiary/aromatic N) is 4. The number of carboxylic acid groups (broad SMARTS) is 1. The fourth-order valence-corrected chi connectivity index (χ4v) is 4.61. The Morgan fingerprint density at radius 3 is 2.59 bits per heavy atom. The van der Waals surface area contributed by atoms with Crippen LogP contribution in [0.15, 0.2) is 89.6 Å². The standard InChI is InChI=1S/C24H23N5O4S/c1-34(32,29-24(30)31)15-17-8-7-9-18(14-17)27-23-26-16-25-22(28-23)20-12-5-6-13-21(20)33-19-10-3-2-4-11-19/h2-14,16,34H,15H2,1H3,(H,29,32)(H,30,31)(H,25,26,27,28). The first-order valence-corrected chi connectivity index (χ1v) is 12.6. The number of ether oxygens (including phenoxy) is 1. The van der Waals surface area contributed by atoms with Crippen LogP contribution < -0.4 is 10.1 Å². The number of amides is 1. The van der Waals surface area contributed by atoms with Crippen molar-refractivity contribution in [3.63, 3.8) is 0 Å². The summed E-state index contributed by atoms with van der Waals surface area (Å²) in [6.07, 6.45) is 1.49. The van der Waals surface area contributed by atoms with E-state index in [9.17, 15) is 9.35 Å². The molecule has 1 amide bonds. The molecule has 0 spiro atoms. The van der Waals surface area contributed by atoms with Gasteiger partial charge in [0.1, 0.15) is 17.8 Å². The van der Waals surface area contributed by atoms with Crippen LogP contribution in [0.5, 0.6) is 11.5 Å². The third-order valence-corrected chi connectivity index (χ3v) is 6.20. The number of carbonyl (C=O) groups is 1. The van der Waals surface area contributed by atoms with Crippen LogP contribution in [0.3, 0.4) is 0 Å². The van der Waals surface area contributed by atoms with E-state index < -0.39 is 16.2 Å². The van der Waals surface area contributed by atoms with Crippen molar-refractivity contribution >= 4 is 27.8 Å². The van der Waals surface area contributed by atoms with Gasteiger partial charge in [-0.05, 0) is 48.2 Å². The molecule has 1 heterocycles. The van der Waals surface area contributed by atoms with Crippen molar-refractivity contribution in [2.75, 3.05) is 11.6 Å². The molecule has 3 aromatic carbocycles. The highest BCUT2D eigenvalue weighted by Crippen LogP contribution is 2.31. The van der Waals surface area contributed by atoms with Crippen LogP contribution >= 0.6 is 0 Å². The quantitative estimate of drug-likeness (QED) is 0.259. The largest absolute Gasteiger partial charge is 0.463 e. The van der Waals surface area contributed by atoms with Gasteiger partial charge in [0, 0.05) is 11.4 Å². The first-order valence-electron chi connectivity index (χ1n) is 10.3. The lowest BCUT2D eigenvalue weighted by Gasteiger charge is -2.17. The van der Waals surface area contributed by atoms with Crippen molar-refractivity contribution in [1.82, 2.24) is 15.0 Å². The molecule has 0 atom stereocenters. The van der Waals surface area contributed by atoms with E-state index in [1.54, 1.807) is 18.2 Å². The number of aromatic nitrogens is 3. The number of thiol groups is 1. The summed E-state index contributed by atoms with van der Waals surface area (Å²) in [4.78, 5) is 23.9. The van der Waals surface area contributed by atoms with E-state index >= 15 is 0 Å². The summed E-state index contributed by atoms with van der Waals surface area (Å²) in [5.74, 6) is 2.22. The van der Waals surface area contributed by atoms with E-state index in [1.807, 2.05) is 60.7 Å². The molecule has 10 heteroatoms. The minimum atomic E-state index is -2.96. The smallest absolute Gasteiger partial charge is 0.437 e. The van der Waals surface area contributed by atoms with E-state index in [2.05, 4.69) is 24.6 Å². The van der Waals surface area contributed by atoms with Gasteiger partial charge in [0.2, 0.25) is 5.95 Å². The van der Waals surface area contributed by atoms with Crippen LogP contribution in [-0.4, -0.2) is 37.0 Å². The van der Waals surface area contributed by atoms with Crippen molar-refractivity contribution in [2.24, 2.45) is 4.36 Å². The van der Waals surface area contributed by atoms with E-state index in [0.717, 1.165) is 5.56 Å². The highest BCUT2D eigenvalue weighted by molar-refractivity contribution is 7.98. The van der Waals surface area contributed by atoms with Gasteiger partial charge < -0.3 is 19.7 Å². The summed E-state index contributed by atoms with van der Waals surface area (Å²) in [6, 6.07) is 24.1. The van der Waals surface area contributed by atoms with Crippen molar-refractivity contribution < 1.29 is 19.2 Å². The maximum atomic E-state index is 10.8. The third-order valence-electron chi connectivity index (χ3n) is 4.64. The second-order valence-electron chi connectivity index (χ2n) is 7.50. The Kier molecular flexibility index (Phi) is 6.90. The van der Waals surface area contributed by atoms with E-state index in [1.165, 1.54) is 12.6 Å². The van der Waals surface area contributed by atoms with Gasteiger partial charge in [-0.1, -0.05) is 52.6 Å². The molecule has 0 aliphatic heterocycles. The maximum absolute atomic E-state index is 10.8. The lowest BCUT2D eigenvalue weighted by atomic mass is 10.2. The minimum absolute atomic E-state index is 0.140. The Balaban J connectivity index is 1.56. The molecule has 0 saturated carbocycles. The molecular formula is C24H23N5O4S. The SMILES string of the molecule is C[SH](O)(Cc1cccc(Nc2ncnc(-c3ccccc3Oc3ccccc3)n2)c1)=NC(=O)O. The Bertz CT molecular complexity index is 1360. The van der Waals surface area contributed by atoms with Crippen molar-refractivity contribution in [1.29, 1.82) is 0 Å². The zero-order chi connectivity index (χ0) is 24.0. The van der Waals surface area contributed by atoms with Gasteiger partial charge in [0.05, 0.1) is 5.56 Å². The minimum Gasteiger partial charge on any atom is -0.463 e. The van der Waals surface area contributed by atoms with Crippen molar-refractivity contribution in [3.05, 3.63) is 90.8 Å². The number of nitrogens with one attached hydrogen (secondary N) is 1. The van der Waals surface area contributed by atoms with Crippen LogP contribution in [0.25, 0.3) is 11.4 Å². The Hall–Kier alpha value is -4.15. The predicted octanol–water partition coefficient (Wildman–Crippen LogP) is 5.43. The zero-order valence-corrected chi connectivity index (χ0v) is 19.1. The number of para-hydroxylation sites is 2. The normalized spacial score (nSPS) is 11.5. The summed E-state index contributed by atoms with van der Waals surface area (Å²) in [5, 5.41) is 12.0. The van der Waals surface area contributed by atoms with Crippen LogP contribution in [0.2, 0.25) is 0 Å². The van der Waals surface area contributed by atoms with Crippen LogP contribution in [0.1, 0.15) is 5.56 Å². The molecule has 34 heavy (non-hydrogen) atoms. The summed E-state index contributed by atoms with van der Waals surface area (Å²) in [5.41, 5.74) is 2.13. The zero-order valence-electron chi connectivity index (χ0n) is 18.2. The van der Waals surface area contributed by atoms with Gasteiger partial charge in [-0.3, -0.25) is 0 Å². The van der Waals surface area contributed by atoms with Gasteiger partial charge in [0.15, 0.2) is 5.82 Å². The lowest BCUT2D eigenvalue weighted by molar-refractivity contribution is 0.206. The first kappa shape index (κ1) is 23.0. The summed E-state index contributed by atoms with van der Waals surface area (Å²) in [7, 11) is -2.96. The summed E-state index contributed by atoms with van der Waals surface area (Å²) < 4.78 is 19.8. The Morgan fingerprint density at radius 1 is 1.03 bits per heavy atom. The fraction of sp³-hybridized carbons (Fsp3) is 0.0833. The molecule has 0 bridgehead atoms. The number of hydrogen-bond acceptors (Lipinski definition) is 6. The highest BCUT2D eigenvalue weighted by atomic mass is 32.3. The summed E-state index contributed by atoms with van der Waals surface area (Å²) in [6.45, 7) is 0. The Morgan fingerprint density at radius 2 is 1.79 bits per heavy atom. The molecule has 3 N–H and O–H groups in total. The second kappa shape index (κ2) is 10.2. The average Bonchev–Trinajstić information content (AvgIpc) is 2.79. The van der Waals surface area contributed by atoms with Gasteiger partial charge in [-0.15, -0.1) is 0 Å². The topological polar surface area (TPSA) is 130 Å². The van der Waals surface area contributed by atoms with Crippen LogP contribution in [0, 0.1) is 0 Å². The van der Waals surface area contributed by atoms with Crippen LogP contribution in [-0.2, 0) is 15.9 Å². The number of hydrogen-bond donors (Lipinski definition) is 4. The second-order valence-corrected chi connectivity index (χ2v) is 10.2. The average molecular weight is 478 g/mol. The van der Waals surface area contributed by atoms with Gasteiger partial charge in [-0.2, -0.15) is 9.35 Å². The van der Waals surface area contributed by atoms with Crippen molar-refractivity contribution in [3.8, 4) is 22.9 Å². The molecule has 174 valence electrons. The third kappa shape index (κ3) is 6.21. The van der Waals surface area contributed by atoms with E-state index in [0.29, 0.717) is 34.5 Å². The molecule has 9 nitrogen and oxygen atoms in total. The van der Waals surface area contributed by atoms with Gasteiger partial charge in [0.25, 0.3) is 0 Å². The monoisotopic (exact) mass is 477 g/mol. The first-order chi connectivity index (χ1) is 16.4. The number of benzene rings is 3. The highest BCUT2D eigenvalue weighted by Gasteiger charge is 2.12. The molecule has 0 aliphatic carbocycles. The molecule has 4 rings (SSSR count). The van der Waals surface area contributed by atoms with Gasteiger partial charge >= 0.3 is 6.09 Å². The molecule has 0 unspecified atom stereocenters. The summed E-state index contributed by atoms with van der Waals surface area (Å²) >= 11 is 0. The molecule has 1 aromatic heterocycles.